The quantitative estimate of drug-likeness (QED) is 0.138. The minimum atomic E-state index is -0.644. The zero-order valence-corrected chi connectivity index (χ0v) is 51.6. The van der Waals surface area contributed by atoms with Crippen molar-refractivity contribution in [2.24, 2.45) is 0 Å². The molecule has 0 saturated heterocycles. The van der Waals surface area contributed by atoms with E-state index >= 15 is 0 Å². The Morgan fingerprint density at radius 3 is 1.63 bits per heavy atom. The second kappa shape index (κ2) is 20.8. The summed E-state index contributed by atoms with van der Waals surface area (Å²) in [6.45, 7) is 16.5. The van der Waals surface area contributed by atoms with Crippen LogP contribution in [0.15, 0.2) is 265 Å². The number of nitrogens with one attached hydrogen (secondary N) is 1. The molecule has 1 aliphatic carbocycles. The molecule has 0 atom stereocenters. The first-order valence-corrected chi connectivity index (χ1v) is 31.5. The van der Waals surface area contributed by atoms with E-state index in [1.54, 1.807) is 0 Å². The third-order valence-electron chi connectivity index (χ3n) is 20.0. The Balaban J connectivity index is 1.01. The molecular formula is C84H69BN3O. The summed E-state index contributed by atoms with van der Waals surface area (Å²) in [7, 11) is 2.48. The molecule has 429 valence electrons. The Kier molecular flexibility index (Phi) is 12.7. The van der Waals surface area contributed by atoms with Crippen LogP contribution in [0.1, 0.15) is 90.6 Å². The molecule has 0 unspecified atom stereocenters. The lowest BCUT2D eigenvalue weighted by molar-refractivity contribution is 0.332. The van der Waals surface area contributed by atoms with Gasteiger partial charge in [0.25, 0.3) is 0 Å². The van der Waals surface area contributed by atoms with Crippen molar-refractivity contribution in [1.29, 1.82) is 0 Å². The summed E-state index contributed by atoms with van der Waals surface area (Å²) in [5.41, 5.74) is 30.4. The maximum Gasteiger partial charge on any atom is 0.197 e. The summed E-state index contributed by atoms with van der Waals surface area (Å²) in [6, 6.07) is 97.0. The van der Waals surface area contributed by atoms with Gasteiger partial charge in [-0.3, -0.25) is 0 Å². The summed E-state index contributed by atoms with van der Waals surface area (Å²) in [5.74, 6) is 0. The van der Waals surface area contributed by atoms with Gasteiger partial charge in [0.15, 0.2) is 7.28 Å². The van der Waals surface area contributed by atoms with Gasteiger partial charge in [-0.15, -0.1) is 0 Å². The summed E-state index contributed by atoms with van der Waals surface area (Å²) >= 11 is 0. The highest BCUT2D eigenvalue weighted by Crippen LogP contribution is 2.59. The van der Waals surface area contributed by atoms with Gasteiger partial charge in [0, 0.05) is 45.1 Å². The second-order valence-corrected chi connectivity index (χ2v) is 26.3. The van der Waals surface area contributed by atoms with Crippen molar-refractivity contribution in [2.45, 2.75) is 77.6 Å². The molecule has 3 heterocycles. The van der Waals surface area contributed by atoms with Gasteiger partial charge in [0.2, 0.25) is 0 Å². The first-order chi connectivity index (χ1) is 43.4. The number of rotatable bonds is 10. The van der Waals surface area contributed by atoms with Crippen molar-refractivity contribution >= 4 is 85.6 Å². The van der Waals surface area contributed by atoms with Gasteiger partial charge in [0.1, 0.15) is 11.2 Å². The van der Waals surface area contributed by atoms with E-state index < -0.39 is 5.41 Å². The molecule has 1 radical (unpaired) electrons. The largest absolute Gasteiger partial charge is 0.456 e. The van der Waals surface area contributed by atoms with Gasteiger partial charge in [-0.05, 0) is 195 Å². The predicted octanol–water partition coefficient (Wildman–Crippen LogP) is 21.2. The fraction of sp³-hybridized carbons (Fsp3) is 0.143. The molecule has 1 aromatic heterocycles. The Morgan fingerprint density at radius 1 is 0.438 bits per heavy atom. The molecule has 1 N–H and O–H groups in total. The number of hydrogen-bond acceptors (Lipinski definition) is 4. The van der Waals surface area contributed by atoms with Gasteiger partial charge in [-0.25, -0.2) is 0 Å². The van der Waals surface area contributed by atoms with Crippen LogP contribution in [-0.2, 0) is 16.2 Å². The van der Waals surface area contributed by atoms with Gasteiger partial charge < -0.3 is 19.5 Å². The minimum absolute atomic E-state index is 0.00241. The lowest BCUT2D eigenvalue weighted by Crippen LogP contribution is -2.47. The molecule has 3 aliphatic rings. The molecule has 2 aliphatic heterocycles. The molecule has 0 bridgehead atoms. The van der Waals surface area contributed by atoms with E-state index in [2.05, 4.69) is 332 Å². The molecule has 16 rings (SSSR count). The van der Waals surface area contributed by atoms with Crippen LogP contribution < -0.4 is 26.0 Å². The molecule has 13 aromatic rings. The van der Waals surface area contributed by atoms with Gasteiger partial charge in [0.05, 0.1) is 22.2 Å². The van der Waals surface area contributed by atoms with Crippen LogP contribution in [0, 0.1) is 20.8 Å². The lowest BCUT2D eigenvalue weighted by atomic mass is 9.54. The number of anilines is 8. The van der Waals surface area contributed by atoms with Crippen LogP contribution in [0.5, 0.6) is 0 Å². The Morgan fingerprint density at radius 2 is 1.00 bits per heavy atom. The highest BCUT2D eigenvalue weighted by atomic mass is 16.3. The van der Waals surface area contributed by atoms with Crippen molar-refractivity contribution in [2.75, 3.05) is 15.1 Å². The summed E-state index contributed by atoms with van der Waals surface area (Å²) in [6.07, 6.45) is 2.27. The Labute approximate surface area is 524 Å². The van der Waals surface area contributed by atoms with E-state index in [-0.39, 0.29) is 10.8 Å². The fourth-order valence-electron chi connectivity index (χ4n) is 15.4. The Bertz CT molecular complexity index is 4820. The fourth-order valence-corrected chi connectivity index (χ4v) is 15.4. The molecule has 0 spiro atoms. The smallest absolute Gasteiger partial charge is 0.197 e. The number of furan rings is 1. The minimum Gasteiger partial charge on any atom is -0.456 e. The standard InChI is InChI=1S/C84H69BN3O/c1-53-49-68-69(83(6,7)46-45-82(68,4)5)52-71(53)86-80-63(41-44-77-78(80)64-33-20-23-38-76(64)89-77)65-50-62(87(72-42-39-58(47-54(72)2)56-25-12-8-13-26-56)73-43-40-59(48-55(73)3)57-27-14-9-15-28-57)51-75-79(65)85-70-36-24-35-67-81(70)88(75)74-37-22-21-34-66(74)84(67,60-29-16-10-17-30-60)61-31-18-11-19-32-61/h8-44,47-52,86H,45-46H2,1-7H3. The van der Waals surface area contributed by atoms with E-state index in [1.807, 2.05) is 0 Å². The molecule has 4 nitrogen and oxygen atoms in total. The van der Waals surface area contributed by atoms with E-state index in [9.17, 15) is 0 Å². The number of nitrogens with zero attached hydrogens (tertiary/aromatic N) is 2. The maximum absolute atomic E-state index is 6.87. The van der Waals surface area contributed by atoms with Gasteiger partial charge >= 0.3 is 0 Å². The van der Waals surface area contributed by atoms with Crippen LogP contribution in [0.25, 0.3) is 55.3 Å². The first-order valence-electron chi connectivity index (χ1n) is 31.5. The highest BCUT2D eigenvalue weighted by Gasteiger charge is 2.49. The molecular weight excluding hydrogens is 1080 g/mol. The van der Waals surface area contributed by atoms with Crippen molar-refractivity contribution in [1.82, 2.24) is 0 Å². The van der Waals surface area contributed by atoms with Crippen molar-refractivity contribution in [3.63, 3.8) is 0 Å². The lowest BCUT2D eigenvalue weighted by Gasteiger charge is -2.49. The van der Waals surface area contributed by atoms with Crippen LogP contribution in [0.3, 0.4) is 0 Å². The zero-order chi connectivity index (χ0) is 60.3. The molecule has 5 heteroatoms. The molecule has 0 fully saturated rings. The average Bonchev–Trinajstić information content (AvgIpc) is 1.06. The van der Waals surface area contributed by atoms with Gasteiger partial charge in [-0.1, -0.05) is 227 Å². The van der Waals surface area contributed by atoms with Crippen LogP contribution in [0.2, 0.25) is 0 Å². The maximum atomic E-state index is 6.87. The number of fused-ring (bicyclic) bond motifs is 8. The van der Waals surface area contributed by atoms with Crippen molar-refractivity contribution in [3.05, 3.63) is 311 Å². The van der Waals surface area contributed by atoms with Crippen LogP contribution in [0.4, 0.5) is 45.5 Å². The van der Waals surface area contributed by atoms with E-state index in [1.165, 1.54) is 66.9 Å². The third kappa shape index (κ3) is 8.64. The molecule has 0 saturated carbocycles. The molecule has 0 amide bonds. The van der Waals surface area contributed by atoms with E-state index in [4.69, 9.17) is 4.42 Å². The highest BCUT2D eigenvalue weighted by molar-refractivity contribution is 6.73. The van der Waals surface area contributed by atoms with Crippen LogP contribution >= 0.6 is 0 Å². The van der Waals surface area contributed by atoms with Gasteiger partial charge in [-0.2, -0.15) is 0 Å². The SMILES string of the molecule is Cc1cc2c(cc1Nc1c(-c3cc(N(c4ccc(-c5ccccc5)cc4C)c4ccc(-c5ccccc5)cc4C)cc4c3[B]c3cccc5c3N4c3ccccc3C5(c3ccccc3)c3ccccc3)ccc3oc4ccccc4c13)C(C)(C)CCC2(C)C. The van der Waals surface area contributed by atoms with Crippen LogP contribution in [-0.4, -0.2) is 7.28 Å². The summed E-state index contributed by atoms with van der Waals surface area (Å²) in [4.78, 5) is 5.14. The topological polar surface area (TPSA) is 31.6 Å². The molecule has 12 aromatic carbocycles. The zero-order valence-electron chi connectivity index (χ0n) is 51.6. The number of para-hydroxylation sites is 3. The predicted molar refractivity (Wildman–Crippen MR) is 376 cm³/mol. The number of aryl methyl sites for hydroxylation is 3. The molecule has 89 heavy (non-hydrogen) atoms. The third-order valence-corrected chi connectivity index (χ3v) is 20.0. The monoisotopic (exact) mass is 1150 g/mol. The number of benzene rings is 12. The second-order valence-electron chi connectivity index (χ2n) is 26.3. The van der Waals surface area contributed by atoms with E-state index in [0.29, 0.717) is 0 Å². The first kappa shape index (κ1) is 54.3. The van der Waals surface area contributed by atoms with E-state index in [0.717, 1.165) is 108 Å². The van der Waals surface area contributed by atoms with Crippen molar-refractivity contribution < 1.29 is 4.42 Å². The summed E-state index contributed by atoms with van der Waals surface area (Å²) in [5, 5.41) is 6.41. The Hall–Kier alpha value is -10.1. The normalized spacial score (nSPS) is 14.7. The average molecular weight is 1150 g/mol. The summed E-state index contributed by atoms with van der Waals surface area (Å²) < 4.78 is 6.87. The number of hydrogen-bond donors (Lipinski definition) is 1. The van der Waals surface area contributed by atoms with Crippen molar-refractivity contribution in [3.8, 4) is 33.4 Å².